The van der Waals surface area contributed by atoms with Gasteiger partial charge in [0.1, 0.15) is 12.3 Å². The molecule has 1 amide bonds. The van der Waals surface area contributed by atoms with E-state index in [1.165, 1.54) is 51.2 Å². The molecule has 6 nitrogen and oxygen atoms in total. The minimum Gasteiger partial charge on any atom is -0.497 e. The number of carbonyl (C=O) groups is 1. The molecule has 0 atom stereocenters. The highest BCUT2D eigenvalue weighted by molar-refractivity contribution is 7.92. The lowest BCUT2D eigenvalue weighted by Gasteiger charge is -2.57. The number of nitrogens with zero attached hydrogens (tertiary/aromatic N) is 1. The highest BCUT2D eigenvalue weighted by Gasteiger charge is 2.51. The summed E-state index contributed by atoms with van der Waals surface area (Å²) >= 11 is 0. The summed E-state index contributed by atoms with van der Waals surface area (Å²) in [5.74, 6) is 2.71. The molecular formula is C32H36N2O4S. The van der Waals surface area contributed by atoms with Crippen LogP contribution in [0.15, 0.2) is 77.7 Å². The molecular weight excluding hydrogens is 508 g/mol. The predicted molar refractivity (Wildman–Crippen MR) is 154 cm³/mol. The minimum absolute atomic E-state index is 0.128. The van der Waals surface area contributed by atoms with Crippen LogP contribution >= 0.6 is 0 Å². The zero-order valence-electron chi connectivity index (χ0n) is 22.6. The molecule has 1 N–H and O–H groups in total. The van der Waals surface area contributed by atoms with E-state index < -0.39 is 15.9 Å². The van der Waals surface area contributed by atoms with E-state index in [1.807, 2.05) is 19.1 Å². The zero-order valence-corrected chi connectivity index (χ0v) is 23.4. The Hall–Kier alpha value is -3.32. The van der Waals surface area contributed by atoms with Gasteiger partial charge in [0.2, 0.25) is 5.91 Å². The van der Waals surface area contributed by atoms with Crippen LogP contribution < -0.4 is 14.4 Å². The van der Waals surface area contributed by atoms with E-state index in [-0.39, 0.29) is 11.4 Å². The first-order chi connectivity index (χ1) is 18.7. The smallest absolute Gasteiger partial charge is 0.264 e. The minimum atomic E-state index is -4.00. The van der Waals surface area contributed by atoms with E-state index in [2.05, 4.69) is 17.4 Å². The average molecular weight is 545 g/mol. The number of rotatable bonds is 8. The number of aryl methyl sites for hydroxylation is 1. The van der Waals surface area contributed by atoms with Gasteiger partial charge >= 0.3 is 0 Å². The number of hydrogen-bond donors (Lipinski definition) is 1. The first kappa shape index (κ1) is 25.9. The van der Waals surface area contributed by atoms with Crippen molar-refractivity contribution in [2.24, 2.45) is 17.8 Å². The van der Waals surface area contributed by atoms with Gasteiger partial charge in [-0.15, -0.1) is 0 Å². The number of hydrogen-bond acceptors (Lipinski definition) is 4. The van der Waals surface area contributed by atoms with Crippen LogP contribution in [0.5, 0.6) is 5.75 Å². The Bertz CT molecular complexity index is 1430. The molecule has 3 aromatic carbocycles. The third-order valence-corrected chi connectivity index (χ3v) is 10.8. The lowest BCUT2D eigenvalue weighted by molar-refractivity contribution is -0.114. The largest absolute Gasteiger partial charge is 0.497 e. The van der Waals surface area contributed by atoms with Crippen molar-refractivity contribution in [2.45, 2.75) is 55.8 Å². The predicted octanol–water partition coefficient (Wildman–Crippen LogP) is 6.31. The number of amides is 1. The van der Waals surface area contributed by atoms with Gasteiger partial charge in [-0.2, -0.15) is 0 Å². The SMILES string of the molecule is COc1cccc(N(CC(=O)Nc2ccc(C34CC5CC(CC(C5)C3)C4)cc2)S(=O)(=O)c2ccc(C)cc2)c1. The maximum Gasteiger partial charge on any atom is 0.264 e. The van der Waals surface area contributed by atoms with Crippen LogP contribution in [0.2, 0.25) is 0 Å². The van der Waals surface area contributed by atoms with Crippen LogP contribution in [-0.4, -0.2) is 28.0 Å². The lowest BCUT2D eigenvalue weighted by Crippen LogP contribution is -2.48. The Morgan fingerprint density at radius 1 is 0.923 bits per heavy atom. The molecule has 4 aliphatic carbocycles. The Morgan fingerprint density at radius 3 is 2.13 bits per heavy atom. The number of benzene rings is 3. The lowest BCUT2D eigenvalue weighted by atomic mass is 9.48. The highest BCUT2D eigenvalue weighted by atomic mass is 32.2. The maximum absolute atomic E-state index is 13.7. The molecule has 39 heavy (non-hydrogen) atoms. The molecule has 0 radical (unpaired) electrons. The van der Waals surface area contributed by atoms with Crippen molar-refractivity contribution in [3.8, 4) is 5.75 Å². The third-order valence-electron chi connectivity index (χ3n) is 9.06. The molecule has 7 heteroatoms. The number of sulfonamides is 1. The van der Waals surface area contributed by atoms with E-state index in [4.69, 9.17) is 4.74 Å². The van der Waals surface area contributed by atoms with Crippen LogP contribution in [-0.2, 0) is 20.2 Å². The first-order valence-electron chi connectivity index (χ1n) is 13.9. The number of carbonyl (C=O) groups excluding carboxylic acids is 1. The number of nitrogens with one attached hydrogen (secondary N) is 1. The summed E-state index contributed by atoms with van der Waals surface area (Å²) in [6.07, 6.45) is 8.08. The second kappa shape index (κ2) is 10.0. The van der Waals surface area contributed by atoms with Crippen molar-refractivity contribution in [1.29, 1.82) is 0 Å². The Kier molecular flexibility index (Phi) is 6.66. The highest BCUT2D eigenvalue weighted by Crippen LogP contribution is 2.60. The van der Waals surface area contributed by atoms with E-state index in [1.54, 1.807) is 48.5 Å². The summed E-state index contributed by atoms with van der Waals surface area (Å²) in [6.45, 7) is 1.54. The summed E-state index contributed by atoms with van der Waals surface area (Å²) in [5.41, 5.74) is 3.67. The van der Waals surface area contributed by atoms with Crippen LogP contribution in [0.1, 0.15) is 49.7 Å². The van der Waals surface area contributed by atoms with Gasteiger partial charge in [-0.1, -0.05) is 35.9 Å². The molecule has 0 saturated heterocycles. The number of anilines is 2. The van der Waals surface area contributed by atoms with Gasteiger partial charge in [0, 0.05) is 11.8 Å². The summed E-state index contributed by atoms with van der Waals surface area (Å²) in [6, 6.07) is 21.7. The quantitative estimate of drug-likeness (QED) is 0.361. The molecule has 0 aliphatic heterocycles. The van der Waals surface area contributed by atoms with E-state index in [0.29, 0.717) is 22.5 Å². The third kappa shape index (κ3) is 5.05. The van der Waals surface area contributed by atoms with Gasteiger partial charge < -0.3 is 10.1 Å². The molecule has 7 rings (SSSR count). The van der Waals surface area contributed by atoms with E-state index >= 15 is 0 Å². The van der Waals surface area contributed by atoms with Crippen molar-refractivity contribution < 1.29 is 17.9 Å². The monoisotopic (exact) mass is 544 g/mol. The maximum atomic E-state index is 13.7. The molecule has 4 fully saturated rings. The molecule has 0 unspecified atom stereocenters. The van der Waals surface area contributed by atoms with Crippen LogP contribution in [0.4, 0.5) is 11.4 Å². The van der Waals surface area contributed by atoms with Gasteiger partial charge in [0.15, 0.2) is 0 Å². The molecule has 4 saturated carbocycles. The number of ether oxygens (including phenoxy) is 1. The fourth-order valence-electron chi connectivity index (χ4n) is 7.62. The first-order valence-corrected chi connectivity index (χ1v) is 15.3. The Morgan fingerprint density at radius 2 is 1.54 bits per heavy atom. The van der Waals surface area contributed by atoms with E-state index in [0.717, 1.165) is 27.6 Å². The standard InChI is InChI=1S/C32H36N2O4S/c1-22-6-12-30(13-7-22)39(36,37)34(28-4-3-5-29(17-28)38-2)21-31(35)33-27-10-8-26(9-11-27)32-18-23-14-24(19-32)16-25(15-23)20-32/h3-13,17,23-25H,14-16,18-21H2,1-2H3,(H,33,35). The summed E-state index contributed by atoms with van der Waals surface area (Å²) in [5, 5.41) is 2.93. The van der Waals surface area contributed by atoms with Gasteiger partial charge in [-0.25, -0.2) is 8.42 Å². The number of methoxy groups -OCH3 is 1. The summed E-state index contributed by atoms with van der Waals surface area (Å²) in [7, 11) is -2.47. The van der Waals surface area contributed by atoms with Crippen molar-refractivity contribution in [2.75, 3.05) is 23.3 Å². The van der Waals surface area contributed by atoms with Crippen LogP contribution in [0.25, 0.3) is 0 Å². The van der Waals surface area contributed by atoms with Gasteiger partial charge in [0.25, 0.3) is 10.0 Å². The molecule has 4 aliphatic rings. The molecule has 4 bridgehead atoms. The van der Waals surface area contributed by atoms with Crippen molar-refractivity contribution in [3.05, 3.63) is 83.9 Å². The van der Waals surface area contributed by atoms with E-state index in [9.17, 15) is 13.2 Å². The van der Waals surface area contributed by atoms with Crippen LogP contribution in [0.3, 0.4) is 0 Å². The second-order valence-corrected chi connectivity index (χ2v) is 13.7. The molecule has 0 aromatic heterocycles. The topological polar surface area (TPSA) is 75.7 Å². The fourth-order valence-corrected chi connectivity index (χ4v) is 9.03. The normalized spacial score (nSPS) is 25.3. The zero-order chi connectivity index (χ0) is 27.2. The average Bonchev–Trinajstić information content (AvgIpc) is 2.91. The fraction of sp³-hybridized carbons (Fsp3) is 0.406. The summed E-state index contributed by atoms with van der Waals surface area (Å²) < 4.78 is 33.8. The molecule has 3 aromatic rings. The second-order valence-electron chi connectivity index (χ2n) is 11.8. The van der Waals surface area contributed by atoms with Gasteiger partial charge in [-0.05, 0) is 111 Å². The molecule has 204 valence electrons. The Balaban J connectivity index is 1.22. The van der Waals surface area contributed by atoms with Crippen LogP contribution in [0, 0.1) is 24.7 Å². The summed E-state index contributed by atoms with van der Waals surface area (Å²) in [4.78, 5) is 13.4. The van der Waals surface area contributed by atoms with Crippen molar-refractivity contribution in [3.63, 3.8) is 0 Å². The van der Waals surface area contributed by atoms with Gasteiger partial charge in [0.05, 0.1) is 17.7 Å². The molecule has 0 heterocycles. The van der Waals surface area contributed by atoms with Gasteiger partial charge in [-0.3, -0.25) is 9.10 Å². The Labute approximate surface area is 231 Å². The van der Waals surface area contributed by atoms with Crippen molar-refractivity contribution >= 4 is 27.3 Å². The van der Waals surface area contributed by atoms with Crippen molar-refractivity contribution in [1.82, 2.24) is 0 Å². The molecule has 0 spiro atoms.